The molecule has 8 heteroatoms. The summed E-state index contributed by atoms with van der Waals surface area (Å²) in [5.41, 5.74) is 0.380. The van der Waals surface area contributed by atoms with Crippen molar-refractivity contribution in [3.8, 4) is 0 Å². The highest BCUT2D eigenvalue weighted by Crippen LogP contribution is 2.46. The Morgan fingerprint density at radius 3 is 2.48 bits per heavy atom. The summed E-state index contributed by atoms with van der Waals surface area (Å²) in [5, 5.41) is 21.4. The van der Waals surface area contributed by atoms with Gasteiger partial charge in [-0.1, -0.05) is 0 Å². The lowest BCUT2D eigenvalue weighted by Gasteiger charge is -2.19. The van der Waals surface area contributed by atoms with Crippen LogP contribution in [0.3, 0.4) is 0 Å². The molecule has 0 spiro atoms. The van der Waals surface area contributed by atoms with Gasteiger partial charge in [-0.15, -0.1) is 10.2 Å². The van der Waals surface area contributed by atoms with E-state index in [2.05, 4.69) is 15.5 Å². The van der Waals surface area contributed by atoms with Gasteiger partial charge in [-0.3, -0.25) is 9.69 Å². The smallest absolute Gasteiger partial charge is 0.407 e. The molecule has 4 aliphatic rings. The van der Waals surface area contributed by atoms with E-state index in [9.17, 15) is 9.59 Å². The SMILES string of the molecule is CC1(C)C(=O)N(C2CC2)c2nnc(N[C@H]3C[C@@H]4CN(C(=O)O)C[C@@H]4C3)cc21. The van der Waals surface area contributed by atoms with E-state index in [1.165, 1.54) is 4.90 Å². The first-order valence-corrected chi connectivity index (χ1v) is 9.81. The van der Waals surface area contributed by atoms with E-state index < -0.39 is 11.5 Å². The van der Waals surface area contributed by atoms with Crippen LogP contribution in [0.15, 0.2) is 6.07 Å². The zero-order chi connectivity index (χ0) is 18.9. The minimum Gasteiger partial charge on any atom is -0.465 e. The largest absolute Gasteiger partial charge is 0.465 e. The van der Waals surface area contributed by atoms with Gasteiger partial charge in [0, 0.05) is 30.7 Å². The molecule has 0 aromatic carbocycles. The summed E-state index contributed by atoms with van der Waals surface area (Å²) >= 11 is 0. The fourth-order valence-corrected chi connectivity index (χ4v) is 5.06. The Labute approximate surface area is 157 Å². The van der Waals surface area contributed by atoms with Crippen LogP contribution in [0.2, 0.25) is 0 Å². The molecule has 2 N–H and O–H groups in total. The first kappa shape index (κ1) is 16.8. The van der Waals surface area contributed by atoms with E-state index in [0.717, 1.165) is 37.1 Å². The van der Waals surface area contributed by atoms with Crippen molar-refractivity contribution in [3.63, 3.8) is 0 Å². The zero-order valence-corrected chi connectivity index (χ0v) is 15.7. The van der Waals surface area contributed by atoms with E-state index in [-0.39, 0.29) is 18.0 Å². The number of carbonyl (C=O) groups excluding carboxylic acids is 1. The molecule has 0 unspecified atom stereocenters. The van der Waals surface area contributed by atoms with Gasteiger partial charge in [0.15, 0.2) is 5.82 Å². The Morgan fingerprint density at radius 2 is 1.89 bits per heavy atom. The van der Waals surface area contributed by atoms with Gasteiger partial charge in [0.1, 0.15) is 5.82 Å². The average Bonchev–Trinajstić information content (AvgIpc) is 3.20. The van der Waals surface area contributed by atoms with Crippen LogP contribution in [0.4, 0.5) is 16.4 Å². The molecule has 2 aliphatic heterocycles. The maximum Gasteiger partial charge on any atom is 0.407 e. The second-order valence-electron chi connectivity index (χ2n) is 9.02. The third-order valence-electron chi connectivity index (χ3n) is 6.71. The molecule has 2 saturated carbocycles. The Morgan fingerprint density at radius 1 is 1.22 bits per heavy atom. The molecule has 1 aromatic heterocycles. The third kappa shape index (κ3) is 2.56. The highest BCUT2D eigenvalue weighted by atomic mass is 16.4. The molecule has 2 amide bonds. The molecule has 144 valence electrons. The van der Waals surface area contributed by atoms with Crippen LogP contribution in [0.5, 0.6) is 0 Å². The topological polar surface area (TPSA) is 98.7 Å². The molecule has 3 fully saturated rings. The van der Waals surface area contributed by atoms with E-state index in [1.54, 1.807) is 0 Å². The number of anilines is 2. The second kappa shape index (κ2) is 5.56. The molecular weight excluding hydrogens is 346 g/mol. The predicted molar refractivity (Wildman–Crippen MR) is 98.8 cm³/mol. The molecule has 5 rings (SSSR count). The molecule has 2 aliphatic carbocycles. The minimum absolute atomic E-state index is 0.121. The maximum atomic E-state index is 12.8. The lowest BCUT2D eigenvalue weighted by Crippen LogP contribution is -2.37. The Balaban J connectivity index is 1.32. The summed E-state index contributed by atoms with van der Waals surface area (Å²) in [6, 6.07) is 2.56. The van der Waals surface area contributed by atoms with Crippen molar-refractivity contribution in [2.24, 2.45) is 11.8 Å². The van der Waals surface area contributed by atoms with Crippen LogP contribution in [0.25, 0.3) is 0 Å². The number of amides is 2. The lowest BCUT2D eigenvalue weighted by atomic mass is 9.87. The van der Waals surface area contributed by atoms with Crippen molar-refractivity contribution in [2.75, 3.05) is 23.3 Å². The fourth-order valence-electron chi connectivity index (χ4n) is 5.06. The quantitative estimate of drug-likeness (QED) is 0.844. The van der Waals surface area contributed by atoms with E-state index >= 15 is 0 Å². The van der Waals surface area contributed by atoms with Gasteiger partial charge in [0.25, 0.3) is 0 Å². The minimum atomic E-state index is -0.814. The van der Waals surface area contributed by atoms with Gasteiger partial charge < -0.3 is 15.3 Å². The molecule has 1 aromatic rings. The predicted octanol–water partition coefficient (Wildman–Crippen LogP) is 2.06. The first-order chi connectivity index (χ1) is 12.8. The monoisotopic (exact) mass is 371 g/mol. The first-order valence-electron chi connectivity index (χ1n) is 9.81. The van der Waals surface area contributed by atoms with E-state index in [1.807, 2.05) is 24.8 Å². The number of nitrogens with one attached hydrogen (secondary N) is 1. The number of hydrogen-bond donors (Lipinski definition) is 2. The van der Waals surface area contributed by atoms with Crippen LogP contribution in [-0.2, 0) is 10.2 Å². The summed E-state index contributed by atoms with van der Waals surface area (Å²) in [5.74, 6) is 2.40. The number of rotatable bonds is 3. The number of fused-ring (bicyclic) bond motifs is 2. The normalized spacial score (nSPS) is 31.2. The molecule has 1 saturated heterocycles. The van der Waals surface area contributed by atoms with Crippen molar-refractivity contribution in [3.05, 3.63) is 11.6 Å². The van der Waals surface area contributed by atoms with Gasteiger partial charge in [-0.25, -0.2) is 4.79 Å². The van der Waals surface area contributed by atoms with Gasteiger partial charge in [-0.2, -0.15) is 0 Å². The van der Waals surface area contributed by atoms with Crippen molar-refractivity contribution in [1.82, 2.24) is 15.1 Å². The Hall–Kier alpha value is -2.38. The highest BCUT2D eigenvalue weighted by Gasteiger charge is 2.50. The number of carbonyl (C=O) groups is 2. The Bertz CT molecular complexity index is 808. The number of nitrogens with zero attached hydrogens (tertiary/aromatic N) is 4. The molecule has 27 heavy (non-hydrogen) atoms. The zero-order valence-electron chi connectivity index (χ0n) is 15.7. The van der Waals surface area contributed by atoms with Crippen molar-refractivity contribution in [2.45, 2.75) is 57.0 Å². The van der Waals surface area contributed by atoms with Crippen LogP contribution in [-0.4, -0.2) is 57.4 Å². The number of hydrogen-bond acceptors (Lipinski definition) is 5. The van der Waals surface area contributed by atoms with Crippen LogP contribution < -0.4 is 10.2 Å². The standard InChI is InChI=1S/C19H25N5O3/c1-19(2)14-7-15(21-22-16(14)24(17(19)25)13-3-4-13)20-12-5-10-8-23(18(26)27)9-11(10)6-12/h7,10-13H,3-6,8-9H2,1-2H3,(H,20,21)(H,26,27)/t10-,11+,12+. The van der Waals surface area contributed by atoms with Crippen LogP contribution in [0.1, 0.15) is 45.1 Å². The summed E-state index contributed by atoms with van der Waals surface area (Å²) < 4.78 is 0. The van der Waals surface area contributed by atoms with Crippen molar-refractivity contribution in [1.29, 1.82) is 0 Å². The molecular formula is C19H25N5O3. The van der Waals surface area contributed by atoms with Crippen LogP contribution in [0, 0.1) is 11.8 Å². The molecule has 3 atom stereocenters. The number of aromatic nitrogens is 2. The maximum absolute atomic E-state index is 12.8. The van der Waals surface area contributed by atoms with Gasteiger partial charge in [0.05, 0.1) is 5.41 Å². The summed E-state index contributed by atoms with van der Waals surface area (Å²) in [6.45, 7) is 5.18. The van der Waals surface area contributed by atoms with Gasteiger partial charge >= 0.3 is 6.09 Å². The number of likely N-dealkylation sites (tertiary alicyclic amines) is 1. The van der Waals surface area contributed by atoms with Crippen LogP contribution >= 0.6 is 0 Å². The Kier molecular flexibility index (Phi) is 3.45. The van der Waals surface area contributed by atoms with Gasteiger partial charge in [-0.05, 0) is 57.4 Å². The summed E-state index contributed by atoms with van der Waals surface area (Å²) in [7, 11) is 0. The average molecular weight is 371 g/mol. The summed E-state index contributed by atoms with van der Waals surface area (Å²) in [6.07, 6.45) is 3.17. The molecule has 8 nitrogen and oxygen atoms in total. The van der Waals surface area contributed by atoms with Crippen molar-refractivity contribution >= 4 is 23.6 Å². The third-order valence-corrected chi connectivity index (χ3v) is 6.71. The fraction of sp³-hybridized carbons (Fsp3) is 0.684. The molecule has 0 radical (unpaired) electrons. The lowest BCUT2D eigenvalue weighted by molar-refractivity contribution is -0.122. The molecule has 3 heterocycles. The van der Waals surface area contributed by atoms with E-state index in [0.29, 0.717) is 30.7 Å². The highest BCUT2D eigenvalue weighted by molar-refractivity contribution is 6.07. The number of carboxylic acid groups (broad SMARTS) is 1. The summed E-state index contributed by atoms with van der Waals surface area (Å²) in [4.78, 5) is 27.3. The van der Waals surface area contributed by atoms with Crippen molar-refractivity contribution < 1.29 is 14.7 Å². The second-order valence-corrected chi connectivity index (χ2v) is 9.02. The van der Waals surface area contributed by atoms with Gasteiger partial charge in [0.2, 0.25) is 5.91 Å². The molecule has 0 bridgehead atoms. The van der Waals surface area contributed by atoms with E-state index in [4.69, 9.17) is 5.11 Å².